The molecule has 0 bridgehead atoms. The van der Waals surface area contributed by atoms with Crippen LogP contribution in [-0.2, 0) is 14.3 Å². The van der Waals surface area contributed by atoms with Gasteiger partial charge in [0.25, 0.3) is 0 Å². The Morgan fingerprint density at radius 3 is 0.987 bits per heavy atom. The Bertz CT molecular complexity index is 1260. The first-order chi connectivity index (χ1) is 38.5. The molecule has 2 unspecified atom stereocenters. The maximum Gasteiger partial charge on any atom is 0.305 e. The molecule has 0 aliphatic carbocycles. The largest absolute Gasteiger partial charge is 0.466 e. The van der Waals surface area contributed by atoms with Crippen molar-refractivity contribution in [2.45, 2.75) is 398 Å². The quantitative estimate of drug-likeness (QED) is 0.0320. The summed E-state index contributed by atoms with van der Waals surface area (Å²) in [6, 6.07) is -0.622. The first-order valence-electron chi connectivity index (χ1n) is 35.3. The van der Waals surface area contributed by atoms with Crippen molar-refractivity contribution in [1.82, 2.24) is 5.32 Å². The third-order valence-corrected chi connectivity index (χ3v) is 16.4. The van der Waals surface area contributed by atoms with Gasteiger partial charge in [0.15, 0.2) is 0 Å². The molecular weight excluding hydrogens is 959 g/mol. The second kappa shape index (κ2) is 67.6. The summed E-state index contributed by atoms with van der Waals surface area (Å²) in [4.78, 5) is 24.5. The van der Waals surface area contributed by atoms with E-state index in [0.29, 0.717) is 19.4 Å². The lowest BCUT2D eigenvalue weighted by Crippen LogP contribution is -2.45. The Labute approximate surface area is 487 Å². The van der Waals surface area contributed by atoms with Gasteiger partial charge in [-0.1, -0.05) is 346 Å². The molecular formula is C72H137NO5. The highest BCUT2D eigenvalue weighted by Gasteiger charge is 2.18. The van der Waals surface area contributed by atoms with Crippen LogP contribution >= 0.6 is 0 Å². The van der Waals surface area contributed by atoms with E-state index in [1.165, 1.54) is 308 Å². The number of ether oxygens (including phenoxy) is 1. The molecule has 0 aromatic carbocycles. The van der Waals surface area contributed by atoms with Crippen molar-refractivity contribution in [1.29, 1.82) is 0 Å². The molecule has 6 heteroatoms. The molecule has 0 rings (SSSR count). The van der Waals surface area contributed by atoms with E-state index in [1.54, 1.807) is 6.08 Å². The fourth-order valence-electron chi connectivity index (χ4n) is 11.0. The second-order valence-corrected chi connectivity index (χ2v) is 24.2. The van der Waals surface area contributed by atoms with Gasteiger partial charge in [-0.25, -0.2) is 0 Å². The van der Waals surface area contributed by atoms with Crippen molar-refractivity contribution in [2.24, 2.45) is 0 Å². The molecule has 3 N–H and O–H groups in total. The maximum absolute atomic E-state index is 12.4. The highest BCUT2D eigenvalue weighted by atomic mass is 16.5. The molecule has 0 aliphatic heterocycles. The van der Waals surface area contributed by atoms with Crippen LogP contribution in [0.3, 0.4) is 0 Å². The highest BCUT2D eigenvalue weighted by molar-refractivity contribution is 5.76. The number of hydrogen-bond donors (Lipinski definition) is 3. The summed E-state index contributed by atoms with van der Waals surface area (Å²) < 4.78 is 5.49. The summed E-state index contributed by atoms with van der Waals surface area (Å²) in [6.07, 6.45) is 86.8. The summed E-state index contributed by atoms with van der Waals surface area (Å²) in [7, 11) is 0. The number of aliphatic hydroxyl groups excluding tert-OH is 2. The number of aliphatic hydroxyl groups is 2. The van der Waals surface area contributed by atoms with Crippen LogP contribution in [0.15, 0.2) is 36.5 Å². The van der Waals surface area contributed by atoms with Crippen molar-refractivity contribution in [3.63, 3.8) is 0 Å². The van der Waals surface area contributed by atoms with Crippen LogP contribution in [0.5, 0.6) is 0 Å². The zero-order valence-corrected chi connectivity index (χ0v) is 52.7. The zero-order valence-electron chi connectivity index (χ0n) is 52.7. The molecule has 0 saturated heterocycles. The molecule has 0 aromatic rings. The van der Waals surface area contributed by atoms with E-state index < -0.39 is 12.1 Å². The van der Waals surface area contributed by atoms with Crippen LogP contribution in [-0.4, -0.2) is 47.4 Å². The molecule has 0 aromatic heterocycles. The standard InChI is InChI=1S/C72H137NO5/c1-3-5-7-9-11-13-15-16-17-40-43-46-50-54-58-62-66-72(77)78-67-63-59-55-51-47-44-41-38-36-34-32-30-28-26-24-22-20-18-19-21-23-25-27-29-31-33-35-37-39-42-45-49-53-57-61-65-71(76)73-69(68-74)70(75)64-60-56-52-48-14-12-10-8-6-4-2/h13,15,17,40,60,64,69-70,74-75H,3-12,14,16,18-39,41-59,61-63,65-68H2,1-2H3,(H,73,76)/b15-13-,40-17-,64-60+. The first-order valence-corrected chi connectivity index (χ1v) is 35.3. The van der Waals surface area contributed by atoms with Gasteiger partial charge in [0.1, 0.15) is 0 Å². The Morgan fingerprint density at radius 2 is 0.641 bits per heavy atom. The summed E-state index contributed by atoms with van der Waals surface area (Å²) in [5, 5.41) is 23.0. The van der Waals surface area contributed by atoms with Gasteiger partial charge >= 0.3 is 5.97 Å². The lowest BCUT2D eigenvalue weighted by Gasteiger charge is -2.20. The van der Waals surface area contributed by atoms with E-state index >= 15 is 0 Å². The molecule has 1 amide bonds. The summed E-state index contributed by atoms with van der Waals surface area (Å²) in [5.41, 5.74) is 0. The number of hydrogen-bond acceptors (Lipinski definition) is 5. The fraction of sp³-hybridized carbons (Fsp3) is 0.889. The lowest BCUT2D eigenvalue weighted by molar-refractivity contribution is -0.143. The van der Waals surface area contributed by atoms with Gasteiger partial charge in [0, 0.05) is 12.8 Å². The van der Waals surface area contributed by atoms with Gasteiger partial charge in [0.2, 0.25) is 5.91 Å². The molecule has 0 heterocycles. The van der Waals surface area contributed by atoms with Crippen LogP contribution in [0.25, 0.3) is 0 Å². The Kier molecular flexibility index (Phi) is 65.9. The highest BCUT2D eigenvalue weighted by Crippen LogP contribution is 2.19. The first kappa shape index (κ1) is 76.1. The molecule has 0 fully saturated rings. The average molecular weight is 1100 g/mol. The van der Waals surface area contributed by atoms with E-state index in [-0.39, 0.29) is 18.5 Å². The van der Waals surface area contributed by atoms with Gasteiger partial charge in [-0.05, 0) is 64.2 Å². The minimum Gasteiger partial charge on any atom is -0.466 e. The normalized spacial score (nSPS) is 12.7. The molecule has 0 aliphatic rings. The van der Waals surface area contributed by atoms with Gasteiger partial charge in [-0.2, -0.15) is 0 Å². The summed E-state index contributed by atoms with van der Waals surface area (Å²) >= 11 is 0. The number of carbonyl (C=O) groups excluding carboxylic acids is 2. The fourth-order valence-corrected chi connectivity index (χ4v) is 11.0. The molecule has 0 spiro atoms. The van der Waals surface area contributed by atoms with Crippen LogP contribution in [0, 0.1) is 0 Å². The number of rotatable bonds is 66. The van der Waals surface area contributed by atoms with E-state index in [2.05, 4.69) is 43.5 Å². The molecule has 78 heavy (non-hydrogen) atoms. The Morgan fingerprint density at radius 1 is 0.359 bits per heavy atom. The van der Waals surface area contributed by atoms with E-state index in [0.717, 1.165) is 51.4 Å². The molecule has 0 saturated carbocycles. The Balaban J connectivity index is 3.29. The SMILES string of the molecule is CCCCCC/C=C\C/C=C\CCCCCCCC(=O)OCCCCCCCCCCCCCCCCCCCCCCCCCCCCCCCCCCCCCC(=O)NC(CO)C(O)/C=C/CCCCCCCCCC. The number of allylic oxidation sites excluding steroid dienone is 5. The maximum atomic E-state index is 12.4. The van der Waals surface area contributed by atoms with Crippen LogP contribution in [0.2, 0.25) is 0 Å². The van der Waals surface area contributed by atoms with E-state index in [4.69, 9.17) is 4.74 Å². The number of amides is 1. The van der Waals surface area contributed by atoms with Crippen molar-refractivity contribution in [3.8, 4) is 0 Å². The molecule has 0 radical (unpaired) electrons. The topological polar surface area (TPSA) is 95.9 Å². The smallest absolute Gasteiger partial charge is 0.305 e. The van der Waals surface area contributed by atoms with Crippen LogP contribution in [0.1, 0.15) is 386 Å². The van der Waals surface area contributed by atoms with Gasteiger partial charge < -0.3 is 20.3 Å². The number of esters is 1. The number of unbranched alkanes of at least 4 members (excludes halogenated alkanes) is 51. The van der Waals surface area contributed by atoms with Crippen molar-refractivity contribution in [3.05, 3.63) is 36.5 Å². The Hall–Kier alpha value is -1.92. The van der Waals surface area contributed by atoms with Gasteiger partial charge in [-0.15, -0.1) is 0 Å². The lowest BCUT2D eigenvalue weighted by atomic mass is 10.0. The molecule has 2 atom stereocenters. The minimum absolute atomic E-state index is 0.00903. The third kappa shape index (κ3) is 63.3. The van der Waals surface area contributed by atoms with Crippen molar-refractivity contribution in [2.75, 3.05) is 13.2 Å². The zero-order chi connectivity index (χ0) is 56.4. The van der Waals surface area contributed by atoms with Gasteiger partial charge in [-0.3, -0.25) is 9.59 Å². The molecule has 6 nitrogen and oxygen atoms in total. The van der Waals surface area contributed by atoms with Crippen LogP contribution in [0.4, 0.5) is 0 Å². The monoisotopic (exact) mass is 1100 g/mol. The van der Waals surface area contributed by atoms with Gasteiger partial charge in [0.05, 0.1) is 25.4 Å². The summed E-state index contributed by atoms with van der Waals surface area (Å²) in [5.74, 6) is -0.0543. The van der Waals surface area contributed by atoms with E-state index in [1.807, 2.05) is 6.08 Å². The van der Waals surface area contributed by atoms with Crippen molar-refractivity contribution >= 4 is 11.9 Å². The van der Waals surface area contributed by atoms with Crippen LogP contribution < -0.4 is 5.32 Å². The summed E-state index contributed by atoms with van der Waals surface area (Å²) in [6.45, 7) is 4.89. The van der Waals surface area contributed by atoms with Crippen molar-refractivity contribution < 1.29 is 24.5 Å². The van der Waals surface area contributed by atoms with E-state index in [9.17, 15) is 19.8 Å². The predicted octanol–water partition coefficient (Wildman–Crippen LogP) is 22.7. The predicted molar refractivity (Wildman–Crippen MR) is 343 cm³/mol. The second-order valence-electron chi connectivity index (χ2n) is 24.2. The molecule has 460 valence electrons. The minimum atomic E-state index is -0.838. The average Bonchev–Trinajstić information content (AvgIpc) is 3.44. The number of carbonyl (C=O) groups is 2. The number of nitrogens with one attached hydrogen (secondary N) is 1. The third-order valence-electron chi connectivity index (χ3n) is 16.4.